The molecular formula is C14H14N4O2. The first-order valence-electron chi connectivity index (χ1n) is 6.53. The van der Waals surface area contributed by atoms with Crippen molar-refractivity contribution in [1.29, 1.82) is 0 Å². The van der Waals surface area contributed by atoms with E-state index in [9.17, 15) is 10.1 Å². The molecular weight excluding hydrogens is 256 g/mol. The third-order valence-corrected chi connectivity index (χ3v) is 3.56. The number of nitro groups is 1. The van der Waals surface area contributed by atoms with E-state index in [2.05, 4.69) is 9.97 Å². The molecule has 6 heteroatoms. The molecule has 102 valence electrons. The average Bonchev–Trinajstić information content (AvgIpc) is 2.97. The molecule has 1 saturated heterocycles. The lowest BCUT2D eigenvalue weighted by Crippen LogP contribution is -2.24. The van der Waals surface area contributed by atoms with Crippen molar-refractivity contribution < 1.29 is 4.92 Å². The van der Waals surface area contributed by atoms with Crippen molar-refractivity contribution in [3.63, 3.8) is 0 Å². The third kappa shape index (κ3) is 2.20. The summed E-state index contributed by atoms with van der Waals surface area (Å²) in [5.41, 5.74) is 1.13. The number of hydrogen-bond donors (Lipinski definition) is 0. The summed E-state index contributed by atoms with van der Waals surface area (Å²) in [6, 6.07) is 7.10. The van der Waals surface area contributed by atoms with Gasteiger partial charge in [-0.1, -0.05) is 6.07 Å². The summed E-state index contributed by atoms with van der Waals surface area (Å²) >= 11 is 0. The Morgan fingerprint density at radius 1 is 1.30 bits per heavy atom. The van der Waals surface area contributed by atoms with Crippen LogP contribution in [0.3, 0.4) is 0 Å². The van der Waals surface area contributed by atoms with E-state index in [1.165, 1.54) is 6.07 Å². The number of hydrogen-bond acceptors (Lipinski definition) is 5. The average molecular weight is 270 g/mol. The monoisotopic (exact) mass is 270 g/mol. The van der Waals surface area contributed by atoms with E-state index >= 15 is 0 Å². The van der Waals surface area contributed by atoms with Crippen molar-refractivity contribution in [1.82, 2.24) is 9.97 Å². The normalized spacial score (nSPS) is 18.2. The Hall–Kier alpha value is -2.50. The summed E-state index contributed by atoms with van der Waals surface area (Å²) in [5.74, 6) is 0.448. The molecule has 20 heavy (non-hydrogen) atoms. The third-order valence-electron chi connectivity index (χ3n) is 3.56. The smallest absolute Gasteiger partial charge is 0.311 e. The molecule has 6 nitrogen and oxygen atoms in total. The molecule has 0 unspecified atom stereocenters. The molecule has 0 radical (unpaired) electrons. The largest absolute Gasteiger partial charge is 0.344 e. The zero-order valence-corrected chi connectivity index (χ0v) is 10.8. The van der Waals surface area contributed by atoms with Crippen LogP contribution in [0.4, 0.5) is 11.5 Å². The van der Waals surface area contributed by atoms with Gasteiger partial charge in [0.2, 0.25) is 5.82 Å². The van der Waals surface area contributed by atoms with Crippen LogP contribution in [0, 0.1) is 10.1 Å². The predicted octanol–water partition coefficient (Wildman–Crippen LogP) is 2.73. The van der Waals surface area contributed by atoms with Crippen LogP contribution in [0.15, 0.2) is 42.9 Å². The first-order chi connectivity index (χ1) is 9.77. The molecule has 1 atom stereocenters. The lowest BCUT2D eigenvalue weighted by Gasteiger charge is -2.25. The van der Waals surface area contributed by atoms with Gasteiger partial charge in [-0.3, -0.25) is 15.1 Å². The first-order valence-corrected chi connectivity index (χ1v) is 6.53. The summed E-state index contributed by atoms with van der Waals surface area (Å²) in [4.78, 5) is 21.1. The van der Waals surface area contributed by atoms with Gasteiger partial charge in [-0.05, 0) is 30.5 Å². The van der Waals surface area contributed by atoms with Gasteiger partial charge in [-0.15, -0.1) is 0 Å². The topological polar surface area (TPSA) is 72.2 Å². The maximum atomic E-state index is 11.1. The second-order valence-corrected chi connectivity index (χ2v) is 4.74. The molecule has 0 aliphatic carbocycles. The Morgan fingerprint density at radius 3 is 2.90 bits per heavy atom. The summed E-state index contributed by atoms with van der Waals surface area (Å²) in [7, 11) is 0. The second kappa shape index (κ2) is 5.24. The Kier molecular flexibility index (Phi) is 3.28. The van der Waals surface area contributed by atoms with Crippen molar-refractivity contribution in [2.45, 2.75) is 18.9 Å². The van der Waals surface area contributed by atoms with Crippen LogP contribution in [0.25, 0.3) is 0 Å². The van der Waals surface area contributed by atoms with Crippen LogP contribution < -0.4 is 4.90 Å². The van der Waals surface area contributed by atoms with Gasteiger partial charge in [0.05, 0.1) is 11.0 Å². The Balaban J connectivity index is 1.99. The quantitative estimate of drug-likeness (QED) is 0.633. The molecule has 1 fully saturated rings. The summed E-state index contributed by atoms with van der Waals surface area (Å²) < 4.78 is 0. The molecule has 0 saturated carbocycles. The van der Waals surface area contributed by atoms with E-state index < -0.39 is 0 Å². The van der Waals surface area contributed by atoms with Crippen LogP contribution in [0.2, 0.25) is 0 Å². The zero-order valence-electron chi connectivity index (χ0n) is 10.8. The predicted molar refractivity (Wildman–Crippen MR) is 74.4 cm³/mol. The molecule has 1 aliphatic rings. The van der Waals surface area contributed by atoms with Gasteiger partial charge in [0.1, 0.15) is 0 Å². The van der Waals surface area contributed by atoms with E-state index in [0.717, 1.165) is 24.9 Å². The number of nitrogens with zero attached hydrogens (tertiary/aromatic N) is 4. The van der Waals surface area contributed by atoms with Gasteiger partial charge in [0.15, 0.2) is 0 Å². The van der Waals surface area contributed by atoms with Crippen molar-refractivity contribution in [3.05, 3.63) is 58.5 Å². The summed E-state index contributed by atoms with van der Waals surface area (Å²) in [5, 5.41) is 11.1. The maximum absolute atomic E-state index is 11.1. The molecule has 3 rings (SSSR count). The highest BCUT2D eigenvalue weighted by atomic mass is 16.6. The van der Waals surface area contributed by atoms with Crippen molar-refractivity contribution >= 4 is 11.5 Å². The molecule has 2 aromatic rings. The Bertz CT molecular complexity index is 618. The highest BCUT2D eigenvalue weighted by molar-refractivity contribution is 5.59. The Morgan fingerprint density at radius 2 is 2.15 bits per heavy atom. The molecule has 0 bridgehead atoms. The van der Waals surface area contributed by atoms with Crippen LogP contribution in [0.1, 0.15) is 24.4 Å². The fourth-order valence-corrected chi connectivity index (χ4v) is 2.69. The van der Waals surface area contributed by atoms with Crippen molar-refractivity contribution in [2.75, 3.05) is 11.4 Å². The van der Waals surface area contributed by atoms with Gasteiger partial charge >= 0.3 is 5.69 Å². The van der Waals surface area contributed by atoms with Crippen molar-refractivity contribution in [2.24, 2.45) is 0 Å². The fraction of sp³-hybridized carbons (Fsp3) is 0.286. The van der Waals surface area contributed by atoms with Crippen LogP contribution >= 0.6 is 0 Å². The van der Waals surface area contributed by atoms with Gasteiger partial charge < -0.3 is 4.90 Å². The highest BCUT2D eigenvalue weighted by Crippen LogP contribution is 2.38. The molecule has 2 aromatic heterocycles. The van der Waals surface area contributed by atoms with Crippen LogP contribution in [-0.2, 0) is 0 Å². The van der Waals surface area contributed by atoms with Gasteiger partial charge in [0, 0.05) is 31.2 Å². The number of aromatic nitrogens is 2. The van der Waals surface area contributed by atoms with Crippen LogP contribution in [0.5, 0.6) is 0 Å². The van der Waals surface area contributed by atoms with Gasteiger partial charge in [-0.2, -0.15) is 0 Å². The minimum Gasteiger partial charge on any atom is -0.344 e. The minimum atomic E-state index is -0.374. The van der Waals surface area contributed by atoms with Gasteiger partial charge in [-0.25, -0.2) is 4.98 Å². The molecule has 0 aromatic carbocycles. The number of rotatable bonds is 3. The summed E-state index contributed by atoms with van der Waals surface area (Å²) in [6.07, 6.45) is 7.09. The molecule has 0 amide bonds. The summed E-state index contributed by atoms with van der Waals surface area (Å²) in [6.45, 7) is 0.775. The zero-order chi connectivity index (χ0) is 13.9. The fourth-order valence-electron chi connectivity index (χ4n) is 2.69. The lowest BCUT2D eigenvalue weighted by molar-refractivity contribution is -0.384. The SMILES string of the molecule is O=[N+]([O-])c1cccnc1N1CCC[C@@H]1c1cccnc1. The molecule has 0 spiro atoms. The van der Waals surface area contributed by atoms with Crippen LogP contribution in [-0.4, -0.2) is 21.4 Å². The van der Waals surface area contributed by atoms with Gasteiger partial charge in [0.25, 0.3) is 0 Å². The molecule has 1 aliphatic heterocycles. The maximum Gasteiger partial charge on any atom is 0.311 e. The van der Waals surface area contributed by atoms with Crippen molar-refractivity contribution in [3.8, 4) is 0 Å². The first kappa shape index (κ1) is 12.5. The standard InChI is InChI=1S/C14H14N4O2/c19-18(20)13-5-2-8-16-14(13)17-9-3-6-12(17)11-4-1-7-15-10-11/h1-2,4-5,7-8,10,12H,3,6,9H2/t12-/m1/s1. The molecule has 0 N–H and O–H groups in total. The van der Waals surface area contributed by atoms with E-state index in [1.54, 1.807) is 18.5 Å². The minimum absolute atomic E-state index is 0.0586. The molecule has 3 heterocycles. The lowest BCUT2D eigenvalue weighted by atomic mass is 10.1. The van der Waals surface area contributed by atoms with E-state index in [0.29, 0.717) is 5.82 Å². The number of pyridine rings is 2. The van der Waals surface area contributed by atoms with E-state index in [1.807, 2.05) is 23.2 Å². The van der Waals surface area contributed by atoms with E-state index in [-0.39, 0.29) is 16.7 Å². The van der Waals surface area contributed by atoms with E-state index in [4.69, 9.17) is 0 Å². The number of anilines is 1. The second-order valence-electron chi connectivity index (χ2n) is 4.74. The Labute approximate surface area is 116 Å². The highest BCUT2D eigenvalue weighted by Gasteiger charge is 2.31.